The Morgan fingerprint density at radius 1 is 1.05 bits per heavy atom. The van der Waals surface area contributed by atoms with Crippen LogP contribution in [-0.4, -0.2) is 35.7 Å². The van der Waals surface area contributed by atoms with Crippen LogP contribution in [0.5, 0.6) is 0 Å². The van der Waals surface area contributed by atoms with E-state index >= 15 is 0 Å². The molecule has 7 nitrogen and oxygen atoms in total. The maximum Gasteiger partial charge on any atom is 0.309 e. The summed E-state index contributed by atoms with van der Waals surface area (Å²) in [5.74, 6) is -2.57. The third kappa shape index (κ3) is 3.46. The van der Waals surface area contributed by atoms with E-state index in [1.165, 1.54) is 7.11 Å². The number of fused-ring (bicyclic) bond motifs is 7. The number of esters is 1. The van der Waals surface area contributed by atoms with E-state index < -0.39 is 44.9 Å². The number of carbonyl (C=O) groups is 4. The number of allylic oxidation sites excluding steroid dienone is 4. The fourth-order valence-corrected chi connectivity index (χ4v) is 10.4. The summed E-state index contributed by atoms with van der Waals surface area (Å²) in [6.45, 7) is 12.6. The number of ketones is 2. The summed E-state index contributed by atoms with van der Waals surface area (Å²) in [6.07, 6.45) is 8.07. The molecular weight excluding hydrogens is 506 g/mol. The van der Waals surface area contributed by atoms with Crippen LogP contribution in [0.25, 0.3) is 0 Å². The predicted octanol–water partition coefficient (Wildman–Crippen LogP) is 5.83. The molecule has 7 heteroatoms. The van der Waals surface area contributed by atoms with Crippen LogP contribution >= 0.6 is 0 Å². The van der Waals surface area contributed by atoms with Crippen molar-refractivity contribution in [2.24, 2.45) is 50.2 Å². The van der Waals surface area contributed by atoms with Crippen LogP contribution in [0, 0.1) is 61.6 Å². The van der Waals surface area contributed by atoms with Gasteiger partial charge < -0.3 is 9.84 Å². The quantitative estimate of drug-likeness (QED) is 0.439. The van der Waals surface area contributed by atoms with Gasteiger partial charge in [-0.1, -0.05) is 53.2 Å². The molecule has 0 radical (unpaired) electrons. The first-order valence-corrected chi connectivity index (χ1v) is 14.7. The van der Waals surface area contributed by atoms with Crippen LogP contribution in [-0.2, 0) is 23.9 Å². The van der Waals surface area contributed by atoms with Gasteiger partial charge in [0.2, 0.25) is 0 Å². The van der Waals surface area contributed by atoms with Crippen LogP contribution in [0.3, 0.4) is 0 Å². The number of nitrogens with zero attached hydrogens (tertiary/aromatic N) is 1. The number of ether oxygens (including phenoxy) is 1. The number of carbonyl (C=O) groups excluding carboxylic acids is 3. The number of hydrogen-bond donors (Lipinski definition) is 1. The molecule has 0 amide bonds. The predicted molar refractivity (Wildman–Crippen MR) is 147 cm³/mol. The maximum absolute atomic E-state index is 14.4. The fraction of sp³-hybridized carbons (Fsp3) is 0.727. The molecule has 5 rings (SSSR count). The van der Waals surface area contributed by atoms with Gasteiger partial charge in [0.1, 0.15) is 6.07 Å². The average molecular weight is 550 g/mol. The zero-order valence-corrected chi connectivity index (χ0v) is 25.0. The van der Waals surface area contributed by atoms with E-state index in [0.29, 0.717) is 32.1 Å². The van der Waals surface area contributed by atoms with Crippen LogP contribution < -0.4 is 0 Å². The highest BCUT2D eigenvalue weighted by atomic mass is 16.5. The van der Waals surface area contributed by atoms with Crippen molar-refractivity contribution in [1.29, 1.82) is 5.26 Å². The summed E-state index contributed by atoms with van der Waals surface area (Å²) >= 11 is 0. The molecule has 0 aromatic rings. The number of hydrogen-bond acceptors (Lipinski definition) is 6. The van der Waals surface area contributed by atoms with Crippen molar-refractivity contribution in [3.8, 4) is 6.07 Å². The summed E-state index contributed by atoms with van der Waals surface area (Å²) in [5.41, 5.74) is -2.81. The normalized spacial score (nSPS) is 45.4. The molecule has 5 aliphatic carbocycles. The minimum Gasteiger partial charge on any atom is -0.481 e. The zero-order valence-electron chi connectivity index (χ0n) is 25.0. The minimum atomic E-state index is -1.14. The van der Waals surface area contributed by atoms with Crippen molar-refractivity contribution >= 4 is 23.5 Å². The van der Waals surface area contributed by atoms with E-state index in [1.54, 1.807) is 19.1 Å². The molecule has 0 aromatic heterocycles. The Morgan fingerprint density at radius 3 is 2.30 bits per heavy atom. The second kappa shape index (κ2) is 8.63. The number of carboxylic acids is 1. The summed E-state index contributed by atoms with van der Waals surface area (Å²) in [5, 5.41) is 20.5. The lowest BCUT2D eigenvalue weighted by Crippen LogP contribution is -2.66. The Labute approximate surface area is 237 Å². The summed E-state index contributed by atoms with van der Waals surface area (Å²) < 4.78 is 4.96. The molecule has 5 aliphatic rings. The average Bonchev–Trinajstić information content (AvgIpc) is 2.87. The largest absolute Gasteiger partial charge is 0.481 e. The van der Waals surface area contributed by atoms with E-state index in [-0.39, 0.29) is 40.8 Å². The van der Waals surface area contributed by atoms with Gasteiger partial charge in [-0.2, -0.15) is 5.26 Å². The lowest BCUT2D eigenvalue weighted by atomic mass is 9.34. The number of Topliss-reactive ketones (excluding diaryl/α,β-unsaturated/α-hetero) is 1. The molecule has 3 saturated carbocycles. The maximum atomic E-state index is 14.4. The van der Waals surface area contributed by atoms with Crippen molar-refractivity contribution in [2.75, 3.05) is 7.11 Å². The van der Waals surface area contributed by atoms with Gasteiger partial charge in [0.05, 0.1) is 24.5 Å². The van der Waals surface area contributed by atoms with Crippen molar-refractivity contribution < 1.29 is 29.0 Å². The molecule has 0 aliphatic heterocycles. The standard InChI is InChI=1S/C33H43NO6/c1-28(2)10-12-33(27(38)39)13-11-32(6)25(20(33)16-28)21(35)14-23-29(3)15-19(18-34)26(37)30(4,17-24(36)40-7)22(29)8-9-31(23,32)5/h14-15,20,22,25H,8-13,16-17H2,1-7H3,(H,38,39)/t20-,22+,25-,29-,30-,31+,32+,33-/m0/s1. The van der Waals surface area contributed by atoms with Gasteiger partial charge in [0, 0.05) is 16.7 Å². The van der Waals surface area contributed by atoms with Crippen LogP contribution in [0.1, 0.15) is 92.9 Å². The molecule has 216 valence electrons. The topological polar surface area (TPSA) is 122 Å². The zero-order chi connectivity index (χ0) is 29.7. The molecule has 0 saturated heterocycles. The molecule has 8 atom stereocenters. The van der Waals surface area contributed by atoms with Crippen molar-refractivity contribution in [3.63, 3.8) is 0 Å². The first kappa shape index (κ1) is 28.8. The van der Waals surface area contributed by atoms with Crippen LogP contribution in [0.4, 0.5) is 0 Å². The third-order valence-electron chi connectivity index (χ3n) is 12.9. The Bertz CT molecular complexity index is 1320. The van der Waals surface area contributed by atoms with Gasteiger partial charge in [-0.15, -0.1) is 0 Å². The van der Waals surface area contributed by atoms with E-state index in [1.807, 2.05) is 6.92 Å². The Balaban J connectivity index is 1.69. The SMILES string of the molecule is COC(=O)C[C@]1(C)C(=O)C(C#N)=C[C@]2(C)C3=CC(=O)[C@@H]4[C@@H]5CC(C)(C)CC[C@]5(C(=O)O)CC[C@@]4(C)[C@]3(C)CC[C@H]21. The van der Waals surface area contributed by atoms with Gasteiger partial charge in [-0.3, -0.25) is 19.2 Å². The number of methoxy groups -OCH3 is 1. The molecule has 0 spiro atoms. The minimum absolute atomic E-state index is 0.0247. The van der Waals surface area contributed by atoms with Gasteiger partial charge in [-0.05, 0) is 79.1 Å². The van der Waals surface area contributed by atoms with Gasteiger partial charge in [0.15, 0.2) is 11.6 Å². The number of rotatable bonds is 3. The number of carboxylic acid groups (broad SMARTS) is 1. The molecule has 3 fully saturated rings. The van der Waals surface area contributed by atoms with Crippen LogP contribution in [0.2, 0.25) is 0 Å². The van der Waals surface area contributed by atoms with Crippen molar-refractivity contribution in [3.05, 3.63) is 23.3 Å². The second-order valence-electron chi connectivity index (χ2n) is 15.2. The lowest BCUT2D eigenvalue weighted by molar-refractivity contribution is -0.189. The third-order valence-corrected chi connectivity index (χ3v) is 12.9. The number of nitriles is 1. The van der Waals surface area contributed by atoms with Crippen molar-refractivity contribution in [1.82, 2.24) is 0 Å². The highest BCUT2D eigenvalue weighted by molar-refractivity contribution is 6.06. The molecule has 0 aromatic carbocycles. The second-order valence-corrected chi connectivity index (χ2v) is 15.2. The van der Waals surface area contributed by atoms with Crippen molar-refractivity contribution in [2.45, 2.75) is 92.9 Å². The molecule has 40 heavy (non-hydrogen) atoms. The Morgan fingerprint density at radius 2 is 1.70 bits per heavy atom. The monoisotopic (exact) mass is 549 g/mol. The summed E-state index contributed by atoms with van der Waals surface area (Å²) in [7, 11) is 1.30. The smallest absolute Gasteiger partial charge is 0.309 e. The number of aliphatic carboxylic acids is 1. The van der Waals surface area contributed by atoms with E-state index in [4.69, 9.17) is 4.74 Å². The fourth-order valence-electron chi connectivity index (χ4n) is 10.4. The summed E-state index contributed by atoms with van der Waals surface area (Å²) in [6, 6.07) is 2.09. The van der Waals surface area contributed by atoms with E-state index in [0.717, 1.165) is 18.4 Å². The molecule has 1 N–H and O–H groups in total. The highest BCUT2D eigenvalue weighted by Crippen LogP contribution is 2.74. The van der Waals surface area contributed by atoms with E-state index in [9.17, 15) is 29.5 Å². The van der Waals surface area contributed by atoms with Gasteiger partial charge in [-0.25, -0.2) is 0 Å². The first-order valence-electron chi connectivity index (χ1n) is 14.7. The molecule has 0 bridgehead atoms. The molecule has 0 unspecified atom stereocenters. The summed E-state index contributed by atoms with van der Waals surface area (Å²) in [4.78, 5) is 53.4. The first-order chi connectivity index (χ1) is 18.5. The van der Waals surface area contributed by atoms with Gasteiger partial charge >= 0.3 is 11.9 Å². The molecular formula is C33H43NO6. The molecule has 0 heterocycles. The highest BCUT2D eigenvalue weighted by Gasteiger charge is 2.71. The van der Waals surface area contributed by atoms with Crippen LogP contribution in [0.15, 0.2) is 23.3 Å². The van der Waals surface area contributed by atoms with E-state index in [2.05, 4.69) is 33.8 Å². The lowest BCUT2D eigenvalue weighted by Gasteiger charge is -2.68. The Kier molecular flexibility index (Phi) is 6.21. The van der Waals surface area contributed by atoms with Gasteiger partial charge in [0.25, 0.3) is 0 Å². The Hall–Kier alpha value is -2.75.